The zero-order chi connectivity index (χ0) is 10.3. The van der Waals surface area contributed by atoms with Gasteiger partial charge in [-0.3, -0.25) is 0 Å². The van der Waals surface area contributed by atoms with Gasteiger partial charge in [-0.25, -0.2) is 0 Å². The zero-order valence-electron chi connectivity index (χ0n) is 9.06. The van der Waals surface area contributed by atoms with Gasteiger partial charge in [-0.15, -0.1) is 0 Å². The molecule has 0 heterocycles. The van der Waals surface area contributed by atoms with Crippen molar-refractivity contribution < 1.29 is 0 Å². The van der Waals surface area contributed by atoms with Crippen LogP contribution in [0.4, 0.5) is 0 Å². The van der Waals surface area contributed by atoms with Crippen LogP contribution in [0, 0.1) is 13.8 Å². The Morgan fingerprint density at radius 1 is 1.08 bits per heavy atom. The summed E-state index contributed by atoms with van der Waals surface area (Å²) in [6.45, 7) is 11.3. The van der Waals surface area contributed by atoms with Gasteiger partial charge < -0.3 is 0 Å². The molecule has 0 aromatic heterocycles. The number of rotatable bonds is 1. The monoisotopic (exact) mass is 260 g/mol. The number of hydrogen-bond acceptors (Lipinski definition) is 0. The molecule has 1 aromatic rings. The summed E-state index contributed by atoms with van der Waals surface area (Å²) in [6, 6.07) is 6.69. The van der Waals surface area contributed by atoms with E-state index in [9.17, 15) is 0 Å². The summed E-state index contributed by atoms with van der Waals surface area (Å²) in [5.74, 6) is 0. The second kappa shape index (κ2) is 3.07. The van der Waals surface area contributed by atoms with Gasteiger partial charge in [-0.2, -0.15) is 0 Å². The Balaban J connectivity index is 3.38. The number of benzene rings is 1. The molecular formula is C11H18BrP. The van der Waals surface area contributed by atoms with Crippen LogP contribution < -0.4 is 5.30 Å². The molecule has 2 heteroatoms. The molecule has 0 fully saturated rings. The molecular weight excluding hydrogens is 243 g/mol. The maximum atomic E-state index is 3.91. The molecule has 0 radical (unpaired) electrons. The van der Waals surface area contributed by atoms with Crippen LogP contribution in [0.25, 0.3) is 0 Å². The number of aryl methyl sites for hydroxylation is 2. The Kier molecular flexibility index (Phi) is 2.64. The quantitative estimate of drug-likeness (QED) is 0.676. The second-order valence-electron chi connectivity index (χ2n) is 4.89. The molecule has 0 spiro atoms. The summed E-state index contributed by atoms with van der Waals surface area (Å²) in [5.41, 5.74) is 2.74. The summed E-state index contributed by atoms with van der Waals surface area (Å²) in [6.07, 6.45) is 0. The third-order valence-electron chi connectivity index (χ3n) is 2.18. The van der Waals surface area contributed by atoms with Gasteiger partial charge >= 0.3 is 89.3 Å². The molecule has 13 heavy (non-hydrogen) atoms. The van der Waals surface area contributed by atoms with Crippen molar-refractivity contribution in [3.05, 3.63) is 29.3 Å². The van der Waals surface area contributed by atoms with Crippen LogP contribution in [-0.2, 0) is 0 Å². The van der Waals surface area contributed by atoms with Crippen LogP contribution >= 0.6 is 20.8 Å². The molecule has 0 aliphatic rings. The normalized spacial score (nSPS) is 15.1. The first kappa shape index (κ1) is 11.2. The molecule has 0 aliphatic heterocycles. The first-order valence-electron chi connectivity index (χ1n) is 4.47. The summed E-state index contributed by atoms with van der Waals surface area (Å²) in [7, 11) is 0. The van der Waals surface area contributed by atoms with Crippen molar-refractivity contribution in [1.82, 2.24) is 0 Å². The van der Waals surface area contributed by atoms with E-state index in [0.29, 0.717) is 0 Å². The van der Waals surface area contributed by atoms with Gasteiger partial charge in [-0.1, -0.05) is 0 Å². The first-order chi connectivity index (χ1) is 5.67. The predicted molar refractivity (Wildman–Crippen MR) is 69.2 cm³/mol. The van der Waals surface area contributed by atoms with E-state index in [4.69, 9.17) is 0 Å². The summed E-state index contributed by atoms with van der Waals surface area (Å²) < 4.78 is 0. The van der Waals surface area contributed by atoms with Gasteiger partial charge in [0.1, 0.15) is 0 Å². The zero-order valence-corrected chi connectivity index (χ0v) is 11.5. The van der Waals surface area contributed by atoms with E-state index < -0.39 is 5.31 Å². The average Bonchev–Trinajstić information content (AvgIpc) is 1.90. The fourth-order valence-corrected chi connectivity index (χ4v) is 4.59. The van der Waals surface area contributed by atoms with E-state index in [1.54, 1.807) is 0 Å². The third kappa shape index (κ3) is 2.79. The van der Waals surface area contributed by atoms with Crippen molar-refractivity contribution in [2.45, 2.75) is 13.8 Å². The predicted octanol–water partition coefficient (Wildman–Crippen LogP) is 3.68. The van der Waals surface area contributed by atoms with Crippen LogP contribution in [0.1, 0.15) is 11.1 Å². The van der Waals surface area contributed by atoms with Crippen molar-refractivity contribution in [3.8, 4) is 0 Å². The molecule has 0 N–H and O–H groups in total. The topological polar surface area (TPSA) is 0 Å². The molecule has 0 amide bonds. The van der Waals surface area contributed by atoms with E-state index in [-0.39, 0.29) is 0 Å². The Bertz CT molecular complexity index is 324. The van der Waals surface area contributed by atoms with Crippen molar-refractivity contribution >= 4 is 26.1 Å². The molecule has 0 unspecified atom stereocenters. The summed E-state index contributed by atoms with van der Waals surface area (Å²) in [5, 5.41) is -0.268. The van der Waals surface area contributed by atoms with Gasteiger partial charge in [0.25, 0.3) is 0 Å². The molecule has 1 rings (SSSR count). The first-order valence-corrected chi connectivity index (χ1v) is 10.1. The van der Waals surface area contributed by atoms with Crippen molar-refractivity contribution in [1.29, 1.82) is 0 Å². The van der Waals surface area contributed by atoms with Gasteiger partial charge in [-0.05, 0) is 0 Å². The molecule has 0 saturated carbocycles. The molecule has 74 valence electrons. The Morgan fingerprint density at radius 2 is 1.62 bits per heavy atom. The summed E-state index contributed by atoms with van der Waals surface area (Å²) >= 11 is 3.91. The molecule has 0 saturated heterocycles. The van der Waals surface area contributed by atoms with Crippen LogP contribution in [0.2, 0.25) is 0 Å². The van der Waals surface area contributed by atoms with Gasteiger partial charge in [0.05, 0.1) is 0 Å². The van der Waals surface area contributed by atoms with Gasteiger partial charge in [0, 0.05) is 0 Å². The molecule has 0 bridgehead atoms. The Morgan fingerprint density at radius 3 is 2.00 bits per heavy atom. The molecule has 1 aromatic carbocycles. The van der Waals surface area contributed by atoms with Gasteiger partial charge in [0.15, 0.2) is 0 Å². The molecule has 0 nitrogen and oxygen atoms in total. The number of halogens is 1. The SMILES string of the molecule is Cc1ccc(C)c(P(C)(C)(C)Br)c1. The standard InChI is InChI=1S/C11H18BrP/c1-9-6-7-10(2)11(8-9)13(3,4,5)12/h6-8H,1-5H3. The second-order valence-corrected chi connectivity index (χ2v) is 18.0. The van der Waals surface area contributed by atoms with Crippen LogP contribution in [0.15, 0.2) is 18.2 Å². The minimum atomic E-state index is -1.76. The molecule has 0 aliphatic carbocycles. The van der Waals surface area contributed by atoms with Gasteiger partial charge in [0.2, 0.25) is 0 Å². The van der Waals surface area contributed by atoms with Crippen molar-refractivity contribution in [2.75, 3.05) is 20.0 Å². The van der Waals surface area contributed by atoms with E-state index in [0.717, 1.165) is 0 Å². The minimum absolute atomic E-state index is 1.35. The maximum absolute atomic E-state index is 3.91. The van der Waals surface area contributed by atoms with E-state index in [1.807, 2.05) is 0 Å². The molecule has 0 atom stereocenters. The van der Waals surface area contributed by atoms with E-state index >= 15 is 0 Å². The van der Waals surface area contributed by atoms with E-state index in [2.05, 4.69) is 67.5 Å². The average molecular weight is 261 g/mol. The van der Waals surface area contributed by atoms with Crippen LogP contribution in [-0.4, -0.2) is 20.0 Å². The number of hydrogen-bond donors (Lipinski definition) is 0. The van der Waals surface area contributed by atoms with Crippen molar-refractivity contribution in [3.63, 3.8) is 0 Å². The Hall–Kier alpha value is 0.130. The van der Waals surface area contributed by atoms with E-state index in [1.165, 1.54) is 16.4 Å². The third-order valence-corrected chi connectivity index (χ3v) is 5.43. The Labute approximate surface area is 89.4 Å². The summed E-state index contributed by atoms with van der Waals surface area (Å²) in [4.78, 5) is 0. The van der Waals surface area contributed by atoms with Crippen LogP contribution in [0.5, 0.6) is 0 Å². The van der Waals surface area contributed by atoms with Crippen LogP contribution in [0.3, 0.4) is 0 Å². The van der Waals surface area contributed by atoms with Crippen molar-refractivity contribution in [2.24, 2.45) is 0 Å². The fourth-order valence-electron chi connectivity index (χ4n) is 1.53. The fraction of sp³-hybridized carbons (Fsp3) is 0.455.